The Morgan fingerprint density at radius 3 is 2.04 bits per heavy atom. The van der Waals surface area contributed by atoms with E-state index < -0.39 is 8.07 Å². The molecular formula is C20H21Cl3SiTi. The summed E-state index contributed by atoms with van der Waals surface area (Å²) in [6, 6.07) is 23.2. The van der Waals surface area contributed by atoms with Crippen LogP contribution in [0.4, 0.5) is 0 Å². The molecule has 0 amide bonds. The van der Waals surface area contributed by atoms with Gasteiger partial charge in [-0.1, -0.05) is 79.0 Å². The molecule has 0 bridgehead atoms. The summed E-state index contributed by atoms with van der Waals surface area (Å²) in [5.74, 6) is 0. The molecule has 0 aromatic heterocycles. The minimum atomic E-state index is -1.49. The van der Waals surface area contributed by atoms with Crippen molar-refractivity contribution in [1.29, 1.82) is 0 Å². The van der Waals surface area contributed by atoms with Gasteiger partial charge in [0.1, 0.15) is 0 Å². The number of hydrogen-bond donors (Lipinski definition) is 0. The Morgan fingerprint density at radius 2 is 1.40 bits per heavy atom. The van der Waals surface area contributed by atoms with Gasteiger partial charge in [0.25, 0.3) is 0 Å². The number of rotatable bonds is 2. The van der Waals surface area contributed by atoms with Crippen molar-refractivity contribution in [2.45, 2.75) is 37.4 Å². The summed E-state index contributed by atoms with van der Waals surface area (Å²) >= 11 is 0. The summed E-state index contributed by atoms with van der Waals surface area (Å²) in [4.78, 5) is 0. The van der Waals surface area contributed by atoms with Crippen LogP contribution < -0.4 is 42.4 Å². The minimum absolute atomic E-state index is 0. The van der Waals surface area contributed by atoms with E-state index in [1.165, 1.54) is 36.1 Å². The SMILES string of the molecule is CC1=[C-]c2ccccc2C1[Si]1(c2ccccc2)CCCC1.[Cl-].[Cl-].[Cl-].[Ti+4]. The molecule has 4 rings (SSSR count). The molecule has 2 aromatic rings. The van der Waals surface area contributed by atoms with Crippen LogP contribution in [0.25, 0.3) is 0 Å². The van der Waals surface area contributed by atoms with E-state index in [1.54, 1.807) is 10.8 Å². The molecule has 5 heteroatoms. The third-order valence-electron chi connectivity index (χ3n) is 5.43. The molecule has 1 saturated heterocycles. The molecule has 0 N–H and O–H groups in total. The first-order valence-corrected chi connectivity index (χ1v) is 10.6. The minimum Gasteiger partial charge on any atom is -1.00 e. The van der Waals surface area contributed by atoms with E-state index in [1.807, 2.05) is 0 Å². The normalized spacial score (nSPS) is 19.2. The fraction of sp³-hybridized carbons (Fsp3) is 0.300. The zero-order valence-corrected chi connectivity index (χ0v) is 19.1. The van der Waals surface area contributed by atoms with Gasteiger partial charge in [0.05, 0.1) is 8.07 Å². The molecule has 0 radical (unpaired) electrons. The smallest absolute Gasteiger partial charge is 1.00 e. The Balaban J connectivity index is 0.00000144. The molecule has 130 valence electrons. The first kappa shape index (κ1) is 25.0. The average Bonchev–Trinajstić information content (AvgIpc) is 3.12. The van der Waals surface area contributed by atoms with E-state index in [0.29, 0.717) is 5.54 Å². The fourth-order valence-corrected chi connectivity index (χ4v) is 10.7. The third kappa shape index (κ3) is 4.29. The van der Waals surface area contributed by atoms with Gasteiger partial charge in [0.15, 0.2) is 0 Å². The maximum atomic E-state index is 3.67. The Kier molecular flexibility index (Phi) is 10.3. The maximum Gasteiger partial charge on any atom is 4.00 e. The average molecular weight is 444 g/mol. The van der Waals surface area contributed by atoms with Crippen LogP contribution in [0.2, 0.25) is 12.1 Å². The van der Waals surface area contributed by atoms with Gasteiger partial charge in [-0.25, -0.2) is 0 Å². The van der Waals surface area contributed by atoms with Crippen molar-refractivity contribution in [3.05, 3.63) is 77.4 Å². The molecule has 0 nitrogen and oxygen atoms in total. The van der Waals surface area contributed by atoms with Crippen molar-refractivity contribution < 1.29 is 58.9 Å². The van der Waals surface area contributed by atoms with Crippen molar-refractivity contribution in [3.63, 3.8) is 0 Å². The quantitative estimate of drug-likeness (QED) is 0.325. The molecule has 2 aliphatic rings. The van der Waals surface area contributed by atoms with Crippen LogP contribution in [0.15, 0.2) is 60.2 Å². The van der Waals surface area contributed by atoms with Gasteiger partial charge in [-0.15, -0.1) is 23.3 Å². The van der Waals surface area contributed by atoms with Crippen molar-refractivity contribution in [2.75, 3.05) is 0 Å². The summed E-state index contributed by atoms with van der Waals surface area (Å²) in [5, 5.41) is 1.66. The molecule has 25 heavy (non-hydrogen) atoms. The molecule has 1 fully saturated rings. The molecule has 0 spiro atoms. The van der Waals surface area contributed by atoms with E-state index in [2.05, 4.69) is 67.6 Å². The summed E-state index contributed by atoms with van der Waals surface area (Å²) in [5.41, 5.74) is 5.02. The van der Waals surface area contributed by atoms with Crippen molar-refractivity contribution in [1.82, 2.24) is 0 Å². The van der Waals surface area contributed by atoms with Crippen LogP contribution in [0.3, 0.4) is 0 Å². The van der Waals surface area contributed by atoms with E-state index in [9.17, 15) is 0 Å². The van der Waals surface area contributed by atoms with Crippen LogP contribution in [0.1, 0.15) is 36.4 Å². The predicted octanol–water partition coefficient (Wildman–Crippen LogP) is -4.42. The Bertz CT molecular complexity index is 697. The zero-order chi connectivity index (χ0) is 14.3. The fourth-order valence-electron chi connectivity index (χ4n) is 4.61. The Morgan fingerprint density at radius 1 is 0.840 bits per heavy atom. The number of hydrogen-bond acceptors (Lipinski definition) is 0. The van der Waals surface area contributed by atoms with E-state index in [-0.39, 0.29) is 58.9 Å². The molecule has 2 aromatic carbocycles. The van der Waals surface area contributed by atoms with Crippen molar-refractivity contribution in [3.8, 4) is 0 Å². The molecular weight excluding hydrogens is 423 g/mol. The number of fused-ring (bicyclic) bond motifs is 1. The van der Waals surface area contributed by atoms with Gasteiger partial charge in [0, 0.05) is 0 Å². The molecule has 1 atom stereocenters. The van der Waals surface area contributed by atoms with Gasteiger partial charge >= 0.3 is 21.7 Å². The summed E-state index contributed by atoms with van der Waals surface area (Å²) in [7, 11) is -1.49. The second-order valence-corrected chi connectivity index (χ2v) is 11.0. The van der Waals surface area contributed by atoms with E-state index in [4.69, 9.17) is 0 Å². The second-order valence-electron chi connectivity index (χ2n) is 6.56. The van der Waals surface area contributed by atoms with Gasteiger partial charge in [-0.3, -0.25) is 0 Å². The third-order valence-corrected chi connectivity index (χ3v) is 11.3. The van der Waals surface area contributed by atoms with E-state index in [0.717, 1.165) is 0 Å². The first-order chi connectivity index (χ1) is 10.3. The molecule has 0 saturated carbocycles. The van der Waals surface area contributed by atoms with Crippen LogP contribution in [0.5, 0.6) is 0 Å². The van der Waals surface area contributed by atoms with Gasteiger partial charge in [-0.2, -0.15) is 17.7 Å². The zero-order valence-electron chi connectivity index (χ0n) is 14.2. The number of halogens is 3. The largest absolute Gasteiger partial charge is 4.00 e. The van der Waals surface area contributed by atoms with Gasteiger partial charge in [0.2, 0.25) is 0 Å². The van der Waals surface area contributed by atoms with Crippen LogP contribution in [-0.4, -0.2) is 8.07 Å². The monoisotopic (exact) mass is 442 g/mol. The second kappa shape index (κ2) is 10.4. The topological polar surface area (TPSA) is 0 Å². The standard InChI is InChI=1S/C20H21Si.3ClH.Ti/c1-16-15-17-9-5-6-12-19(17)20(16)21(13-7-8-14-21)18-10-3-2-4-11-18;;;;/h2-6,9-12,20H,7-8,13-14H2,1H3;3*1H;/q-1;;;;+4/p-3. The summed E-state index contributed by atoms with van der Waals surface area (Å²) < 4.78 is 0. The number of benzene rings is 2. The van der Waals surface area contributed by atoms with Crippen molar-refractivity contribution in [2.24, 2.45) is 0 Å². The van der Waals surface area contributed by atoms with Crippen molar-refractivity contribution >= 4 is 13.3 Å². The molecule has 1 heterocycles. The molecule has 1 unspecified atom stereocenters. The van der Waals surface area contributed by atoms with Crippen LogP contribution >= 0.6 is 0 Å². The molecule has 1 aliphatic heterocycles. The summed E-state index contributed by atoms with van der Waals surface area (Å²) in [6.07, 6.45) is 6.49. The summed E-state index contributed by atoms with van der Waals surface area (Å²) in [6.45, 7) is 2.31. The molecule has 1 aliphatic carbocycles. The van der Waals surface area contributed by atoms with Crippen LogP contribution in [0, 0.1) is 6.08 Å². The van der Waals surface area contributed by atoms with E-state index >= 15 is 0 Å². The van der Waals surface area contributed by atoms with Crippen LogP contribution in [-0.2, 0) is 21.7 Å². The predicted molar refractivity (Wildman–Crippen MR) is 91.4 cm³/mol. The Hall–Kier alpha value is -0.0188. The Labute approximate surface area is 186 Å². The first-order valence-electron chi connectivity index (χ1n) is 8.06. The van der Waals surface area contributed by atoms with Gasteiger partial charge < -0.3 is 37.2 Å². The maximum absolute atomic E-state index is 3.67. The van der Waals surface area contributed by atoms with Gasteiger partial charge in [-0.05, 0) is 0 Å². The number of allylic oxidation sites excluding steroid dienone is 1.